The monoisotopic (exact) mass is 397 g/mol. The normalized spacial score (nSPS) is 10.7. The fourth-order valence-electron chi connectivity index (χ4n) is 2.42. The molecule has 1 aromatic carbocycles. The summed E-state index contributed by atoms with van der Waals surface area (Å²) in [7, 11) is 0. The molecule has 28 heavy (non-hydrogen) atoms. The van der Waals surface area contributed by atoms with Gasteiger partial charge in [-0.3, -0.25) is 19.1 Å². The molecule has 1 heterocycles. The summed E-state index contributed by atoms with van der Waals surface area (Å²) in [6, 6.07) is 5.07. The summed E-state index contributed by atoms with van der Waals surface area (Å²) in [6.07, 6.45) is 0.514. The lowest BCUT2D eigenvalue weighted by Crippen LogP contribution is -2.37. The molecule has 0 bridgehead atoms. The summed E-state index contributed by atoms with van der Waals surface area (Å²) in [5.74, 6) is -2.84. The van der Waals surface area contributed by atoms with Crippen molar-refractivity contribution in [2.45, 2.75) is 26.5 Å². The maximum atomic E-state index is 12.4. The first-order valence-electron chi connectivity index (χ1n) is 8.13. The molecule has 0 aliphatic rings. The molecule has 0 aliphatic carbocycles. The molecular weight excluding hydrogens is 380 g/mol. The standard InChI is InChI=1S/C17H17F2N3O6/c1-2-7-22-13(20)12(14(24)21-17(22)26)10(23)8-27-15(25)9-5-3-4-6-11(9)28-16(18)19/h3-6,16H,2,7-8,20H2,1H3,(H,21,24,26). The van der Waals surface area contributed by atoms with Gasteiger partial charge in [-0.1, -0.05) is 19.1 Å². The summed E-state index contributed by atoms with van der Waals surface area (Å²) in [4.78, 5) is 50.1. The lowest BCUT2D eigenvalue weighted by molar-refractivity contribution is -0.0504. The third kappa shape index (κ3) is 4.61. The number of aromatic amines is 1. The number of aromatic nitrogens is 2. The summed E-state index contributed by atoms with van der Waals surface area (Å²) >= 11 is 0. The van der Waals surface area contributed by atoms with E-state index in [0.29, 0.717) is 6.42 Å². The van der Waals surface area contributed by atoms with Crippen molar-refractivity contribution in [3.63, 3.8) is 0 Å². The van der Waals surface area contributed by atoms with Crippen LogP contribution in [0.15, 0.2) is 33.9 Å². The molecule has 0 saturated carbocycles. The predicted molar refractivity (Wildman–Crippen MR) is 93.7 cm³/mol. The van der Waals surface area contributed by atoms with Crippen LogP contribution < -0.4 is 21.7 Å². The molecule has 0 aliphatic heterocycles. The number of hydrogen-bond acceptors (Lipinski definition) is 7. The average molecular weight is 397 g/mol. The third-order valence-electron chi connectivity index (χ3n) is 3.62. The summed E-state index contributed by atoms with van der Waals surface area (Å²) in [6.45, 7) is -2.12. The van der Waals surface area contributed by atoms with Gasteiger partial charge in [0.15, 0.2) is 6.61 Å². The minimum atomic E-state index is -3.16. The first kappa shape index (κ1) is 20.8. The molecule has 2 rings (SSSR count). The SMILES string of the molecule is CCCn1c(N)c(C(=O)COC(=O)c2ccccc2OC(F)F)c(=O)[nH]c1=O. The number of nitrogen functional groups attached to an aromatic ring is 1. The largest absolute Gasteiger partial charge is 0.454 e. The Balaban J connectivity index is 2.22. The molecule has 3 N–H and O–H groups in total. The zero-order valence-corrected chi connectivity index (χ0v) is 14.7. The van der Waals surface area contributed by atoms with E-state index in [2.05, 4.69) is 4.74 Å². The smallest absolute Gasteiger partial charge is 0.387 e. The van der Waals surface area contributed by atoms with E-state index in [-0.39, 0.29) is 17.9 Å². The fraction of sp³-hybridized carbons (Fsp3) is 0.294. The molecule has 0 radical (unpaired) electrons. The van der Waals surface area contributed by atoms with Gasteiger partial charge in [0.1, 0.15) is 22.7 Å². The lowest BCUT2D eigenvalue weighted by atomic mass is 10.2. The highest BCUT2D eigenvalue weighted by Gasteiger charge is 2.22. The van der Waals surface area contributed by atoms with Gasteiger partial charge in [-0.05, 0) is 18.6 Å². The number of carbonyl (C=O) groups excluding carboxylic acids is 2. The molecule has 9 nitrogen and oxygen atoms in total. The number of H-pyrrole nitrogens is 1. The topological polar surface area (TPSA) is 133 Å². The molecule has 2 aromatic rings. The van der Waals surface area contributed by atoms with Crippen LogP contribution in [0, 0.1) is 0 Å². The van der Waals surface area contributed by atoms with Crippen LogP contribution in [-0.4, -0.2) is 34.5 Å². The van der Waals surface area contributed by atoms with Crippen LogP contribution in [0.4, 0.5) is 14.6 Å². The Morgan fingerprint density at radius 1 is 1.25 bits per heavy atom. The second-order valence-electron chi connectivity index (χ2n) is 5.55. The number of nitrogens with two attached hydrogens (primary N) is 1. The van der Waals surface area contributed by atoms with Crippen LogP contribution in [0.2, 0.25) is 0 Å². The highest BCUT2D eigenvalue weighted by atomic mass is 19.3. The summed E-state index contributed by atoms with van der Waals surface area (Å²) < 4.78 is 34.9. The number of ether oxygens (including phenoxy) is 2. The summed E-state index contributed by atoms with van der Waals surface area (Å²) in [5.41, 5.74) is 3.11. The van der Waals surface area contributed by atoms with Gasteiger partial charge in [-0.25, -0.2) is 9.59 Å². The molecule has 0 saturated heterocycles. The predicted octanol–water partition coefficient (Wildman–Crippen LogP) is 1.17. The minimum Gasteiger partial charge on any atom is -0.454 e. The van der Waals surface area contributed by atoms with Crippen LogP contribution in [-0.2, 0) is 11.3 Å². The third-order valence-corrected chi connectivity index (χ3v) is 3.62. The zero-order chi connectivity index (χ0) is 20.8. The van der Waals surface area contributed by atoms with Gasteiger partial charge in [0, 0.05) is 6.54 Å². The van der Waals surface area contributed by atoms with Gasteiger partial charge in [0.25, 0.3) is 5.56 Å². The number of nitrogens with one attached hydrogen (secondary N) is 1. The Morgan fingerprint density at radius 2 is 1.93 bits per heavy atom. The average Bonchev–Trinajstić information content (AvgIpc) is 2.63. The van der Waals surface area contributed by atoms with E-state index in [9.17, 15) is 28.0 Å². The number of halogens is 2. The van der Waals surface area contributed by atoms with Crippen LogP contribution in [0.1, 0.15) is 34.1 Å². The van der Waals surface area contributed by atoms with Gasteiger partial charge in [0.2, 0.25) is 5.78 Å². The summed E-state index contributed by atoms with van der Waals surface area (Å²) in [5, 5.41) is 0. The van der Waals surface area contributed by atoms with Crippen molar-refractivity contribution < 1.29 is 27.8 Å². The number of esters is 1. The Hall–Kier alpha value is -3.50. The number of hydrogen-bond donors (Lipinski definition) is 2. The molecule has 0 unspecified atom stereocenters. The number of alkyl halides is 2. The van der Waals surface area contributed by atoms with E-state index >= 15 is 0 Å². The Bertz CT molecular complexity index is 999. The number of carbonyl (C=O) groups is 2. The van der Waals surface area contributed by atoms with Gasteiger partial charge in [0.05, 0.1) is 0 Å². The van der Waals surface area contributed by atoms with Crippen molar-refractivity contribution in [1.82, 2.24) is 9.55 Å². The van der Waals surface area contributed by atoms with Gasteiger partial charge in [-0.15, -0.1) is 0 Å². The van der Waals surface area contributed by atoms with E-state index in [1.54, 1.807) is 6.92 Å². The maximum Gasteiger partial charge on any atom is 0.387 e. The highest BCUT2D eigenvalue weighted by Crippen LogP contribution is 2.21. The van der Waals surface area contributed by atoms with Crippen molar-refractivity contribution in [3.8, 4) is 5.75 Å². The minimum absolute atomic E-state index is 0.167. The van der Waals surface area contributed by atoms with E-state index < -0.39 is 47.5 Å². The number of rotatable bonds is 8. The Labute approximate surface area is 156 Å². The first-order valence-corrected chi connectivity index (χ1v) is 8.13. The van der Waals surface area contributed by atoms with Crippen LogP contribution in [0.25, 0.3) is 0 Å². The molecule has 1 aromatic heterocycles. The van der Waals surface area contributed by atoms with Gasteiger partial charge in [-0.2, -0.15) is 8.78 Å². The second-order valence-corrected chi connectivity index (χ2v) is 5.55. The van der Waals surface area contributed by atoms with Crippen molar-refractivity contribution in [2.24, 2.45) is 0 Å². The van der Waals surface area contributed by atoms with Crippen molar-refractivity contribution in [3.05, 3.63) is 56.2 Å². The van der Waals surface area contributed by atoms with Crippen molar-refractivity contribution in [1.29, 1.82) is 0 Å². The van der Waals surface area contributed by atoms with E-state index in [4.69, 9.17) is 10.5 Å². The van der Waals surface area contributed by atoms with Crippen molar-refractivity contribution >= 4 is 17.6 Å². The molecule has 11 heteroatoms. The molecule has 0 fully saturated rings. The molecule has 0 spiro atoms. The van der Waals surface area contributed by atoms with E-state index in [1.165, 1.54) is 18.2 Å². The highest BCUT2D eigenvalue weighted by molar-refractivity contribution is 6.02. The molecule has 0 amide bonds. The zero-order valence-electron chi connectivity index (χ0n) is 14.7. The number of ketones is 1. The second kappa shape index (κ2) is 8.93. The first-order chi connectivity index (χ1) is 13.3. The van der Waals surface area contributed by atoms with Crippen LogP contribution in [0.5, 0.6) is 5.75 Å². The quantitative estimate of drug-likeness (QED) is 0.504. The Morgan fingerprint density at radius 3 is 2.57 bits per heavy atom. The number of benzene rings is 1. The lowest BCUT2D eigenvalue weighted by Gasteiger charge is -2.12. The van der Waals surface area contributed by atoms with E-state index in [1.807, 2.05) is 4.98 Å². The molecular formula is C17H17F2N3O6. The Kier molecular flexibility index (Phi) is 6.64. The number of anilines is 1. The fourth-order valence-corrected chi connectivity index (χ4v) is 2.42. The van der Waals surface area contributed by atoms with Gasteiger partial charge < -0.3 is 15.2 Å². The van der Waals surface area contributed by atoms with Crippen molar-refractivity contribution in [2.75, 3.05) is 12.3 Å². The van der Waals surface area contributed by atoms with E-state index in [0.717, 1.165) is 10.6 Å². The number of Topliss-reactive ketones (excluding diaryl/α,β-unsaturated/α-hetero) is 1. The van der Waals surface area contributed by atoms with Crippen LogP contribution in [0.3, 0.4) is 0 Å². The molecule has 0 atom stereocenters. The maximum absolute atomic E-state index is 12.4. The van der Waals surface area contributed by atoms with Crippen LogP contribution >= 0.6 is 0 Å². The number of nitrogens with zero attached hydrogens (tertiary/aromatic N) is 1. The number of para-hydroxylation sites is 1. The van der Waals surface area contributed by atoms with Gasteiger partial charge >= 0.3 is 18.3 Å². The molecule has 150 valence electrons.